The fraction of sp³-hybridized carbons (Fsp3) is 0.333. The van der Waals surface area contributed by atoms with Crippen LogP contribution < -0.4 is 5.73 Å². The van der Waals surface area contributed by atoms with E-state index in [1.165, 1.54) is 16.0 Å². The lowest BCUT2D eigenvalue weighted by Crippen LogP contribution is -2.23. The van der Waals surface area contributed by atoms with E-state index in [0.29, 0.717) is 0 Å². The van der Waals surface area contributed by atoms with Crippen LogP contribution in [-0.4, -0.2) is 11.8 Å². The summed E-state index contributed by atoms with van der Waals surface area (Å²) in [6.45, 7) is 2.13. The molecule has 0 radical (unpaired) electrons. The zero-order valence-corrected chi connectivity index (χ0v) is 12.3. The maximum atomic E-state index is 6.16. The fourth-order valence-electron chi connectivity index (χ4n) is 1.78. The summed E-state index contributed by atoms with van der Waals surface area (Å²) in [5.41, 5.74) is 8.88. The van der Waals surface area contributed by atoms with Gasteiger partial charge in [-0.05, 0) is 54.3 Å². The first-order valence-corrected chi connectivity index (χ1v) is 8.13. The van der Waals surface area contributed by atoms with Gasteiger partial charge in [0.25, 0.3) is 0 Å². The molecule has 1 heterocycles. The van der Waals surface area contributed by atoms with E-state index in [0.717, 1.165) is 18.6 Å². The highest BCUT2D eigenvalue weighted by Crippen LogP contribution is 2.20. The summed E-state index contributed by atoms with van der Waals surface area (Å²) in [5, 5.41) is 4.34. The van der Waals surface area contributed by atoms with E-state index in [4.69, 9.17) is 5.73 Å². The van der Waals surface area contributed by atoms with Gasteiger partial charge in [0.05, 0.1) is 0 Å². The lowest BCUT2D eigenvalue weighted by molar-refractivity contribution is 0.675. The molecule has 1 nitrogen and oxygen atoms in total. The third-order valence-corrected chi connectivity index (χ3v) is 4.75. The average Bonchev–Trinajstić information content (AvgIpc) is 2.87. The Kier molecular flexibility index (Phi) is 5.29. The van der Waals surface area contributed by atoms with Crippen LogP contribution in [0.3, 0.4) is 0 Å². The molecule has 0 aliphatic rings. The second-order valence-corrected chi connectivity index (χ2v) is 6.43. The topological polar surface area (TPSA) is 26.0 Å². The molecule has 0 aliphatic carbocycles. The molecule has 1 aromatic carbocycles. The summed E-state index contributed by atoms with van der Waals surface area (Å²) >= 11 is 3.61. The Hall–Kier alpha value is -0.770. The SMILES string of the molecule is Cc1cccc(SCC(N)CCc2ccsc2)c1. The molecule has 1 atom stereocenters. The van der Waals surface area contributed by atoms with Crippen LogP contribution >= 0.6 is 23.1 Å². The van der Waals surface area contributed by atoms with E-state index in [1.54, 1.807) is 11.3 Å². The standard InChI is InChI=1S/C15H19NS2/c1-12-3-2-4-15(9-12)18-11-14(16)6-5-13-7-8-17-10-13/h2-4,7-10,14H,5-6,11,16H2,1H3. The van der Waals surface area contributed by atoms with Crippen LogP contribution in [0.5, 0.6) is 0 Å². The predicted octanol–water partition coefficient (Wildman–Crippen LogP) is 4.11. The van der Waals surface area contributed by atoms with Gasteiger partial charge in [-0.15, -0.1) is 11.8 Å². The van der Waals surface area contributed by atoms with Gasteiger partial charge < -0.3 is 5.73 Å². The van der Waals surface area contributed by atoms with E-state index in [-0.39, 0.29) is 6.04 Å². The molecule has 0 saturated heterocycles. The van der Waals surface area contributed by atoms with Gasteiger partial charge in [0, 0.05) is 16.7 Å². The van der Waals surface area contributed by atoms with Crippen molar-refractivity contribution in [3.63, 3.8) is 0 Å². The lowest BCUT2D eigenvalue weighted by atomic mass is 10.1. The summed E-state index contributed by atoms with van der Waals surface area (Å²) in [6, 6.07) is 11.1. The average molecular weight is 277 g/mol. The number of aryl methyl sites for hydroxylation is 2. The van der Waals surface area contributed by atoms with Gasteiger partial charge in [-0.2, -0.15) is 11.3 Å². The van der Waals surface area contributed by atoms with Crippen molar-refractivity contribution >= 4 is 23.1 Å². The van der Waals surface area contributed by atoms with Gasteiger partial charge >= 0.3 is 0 Å². The quantitative estimate of drug-likeness (QED) is 0.804. The molecule has 0 spiro atoms. The molecule has 0 amide bonds. The Morgan fingerprint density at radius 1 is 1.33 bits per heavy atom. The minimum absolute atomic E-state index is 0.274. The van der Waals surface area contributed by atoms with E-state index >= 15 is 0 Å². The predicted molar refractivity (Wildman–Crippen MR) is 82.5 cm³/mol. The summed E-state index contributed by atoms with van der Waals surface area (Å²) in [4.78, 5) is 1.32. The van der Waals surface area contributed by atoms with E-state index in [2.05, 4.69) is 48.0 Å². The molecule has 0 fully saturated rings. The molecular weight excluding hydrogens is 258 g/mol. The fourth-order valence-corrected chi connectivity index (χ4v) is 3.50. The highest BCUT2D eigenvalue weighted by atomic mass is 32.2. The summed E-state index contributed by atoms with van der Waals surface area (Å²) < 4.78 is 0. The maximum absolute atomic E-state index is 6.16. The van der Waals surface area contributed by atoms with Crippen LogP contribution in [0.4, 0.5) is 0 Å². The molecule has 1 aromatic heterocycles. The van der Waals surface area contributed by atoms with E-state index < -0.39 is 0 Å². The van der Waals surface area contributed by atoms with Crippen molar-refractivity contribution in [3.05, 3.63) is 52.2 Å². The molecule has 2 rings (SSSR count). The van der Waals surface area contributed by atoms with Crippen molar-refractivity contribution in [2.24, 2.45) is 5.73 Å². The first-order chi connectivity index (χ1) is 8.74. The third kappa shape index (κ3) is 4.48. The zero-order chi connectivity index (χ0) is 12.8. The molecule has 2 N–H and O–H groups in total. The van der Waals surface area contributed by atoms with Crippen molar-refractivity contribution in [2.75, 3.05) is 5.75 Å². The number of thioether (sulfide) groups is 1. The lowest BCUT2D eigenvalue weighted by Gasteiger charge is -2.10. The van der Waals surface area contributed by atoms with Crippen molar-refractivity contribution in [3.8, 4) is 0 Å². The highest BCUT2D eigenvalue weighted by Gasteiger charge is 2.05. The Morgan fingerprint density at radius 2 is 2.22 bits per heavy atom. The minimum atomic E-state index is 0.274. The Morgan fingerprint density at radius 3 is 2.94 bits per heavy atom. The normalized spacial score (nSPS) is 12.6. The van der Waals surface area contributed by atoms with Crippen LogP contribution in [0.25, 0.3) is 0 Å². The van der Waals surface area contributed by atoms with Gasteiger partial charge in [-0.3, -0.25) is 0 Å². The third-order valence-electron chi connectivity index (χ3n) is 2.84. The maximum Gasteiger partial charge on any atom is 0.0137 e. The van der Waals surface area contributed by atoms with Crippen LogP contribution in [-0.2, 0) is 6.42 Å². The number of hydrogen-bond acceptors (Lipinski definition) is 3. The molecule has 96 valence electrons. The number of nitrogens with two attached hydrogens (primary N) is 1. The monoisotopic (exact) mass is 277 g/mol. The number of benzene rings is 1. The van der Waals surface area contributed by atoms with Gasteiger partial charge in [0.15, 0.2) is 0 Å². The largest absolute Gasteiger partial charge is 0.327 e. The Labute approximate surface area is 117 Å². The Bertz CT molecular complexity index is 465. The zero-order valence-electron chi connectivity index (χ0n) is 10.6. The summed E-state index contributed by atoms with van der Waals surface area (Å²) in [6.07, 6.45) is 2.16. The first kappa shape index (κ1) is 13.7. The van der Waals surface area contributed by atoms with Crippen molar-refractivity contribution in [1.29, 1.82) is 0 Å². The highest BCUT2D eigenvalue weighted by molar-refractivity contribution is 7.99. The number of hydrogen-bond donors (Lipinski definition) is 1. The molecule has 0 saturated carbocycles. The molecule has 18 heavy (non-hydrogen) atoms. The van der Waals surface area contributed by atoms with Gasteiger partial charge in [0.1, 0.15) is 0 Å². The van der Waals surface area contributed by atoms with Gasteiger partial charge in [-0.1, -0.05) is 17.7 Å². The molecule has 1 unspecified atom stereocenters. The molecule has 2 aromatic rings. The summed E-state index contributed by atoms with van der Waals surface area (Å²) in [5.74, 6) is 0.994. The Balaban J connectivity index is 1.73. The molecule has 0 bridgehead atoms. The first-order valence-electron chi connectivity index (χ1n) is 6.20. The van der Waals surface area contributed by atoms with Gasteiger partial charge in [0.2, 0.25) is 0 Å². The second-order valence-electron chi connectivity index (χ2n) is 4.56. The smallest absolute Gasteiger partial charge is 0.0137 e. The molecule has 3 heteroatoms. The van der Waals surface area contributed by atoms with Crippen molar-refractivity contribution in [1.82, 2.24) is 0 Å². The van der Waals surface area contributed by atoms with E-state index in [1.807, 2.05) is 11.8 Å². The molecule has 0 aliphatic heterocycles. The van der Waals surface area contributed by atoms with Crippen LogP contribution in [0, 0.1) is 6.92 Å². The summed E-state index contributed by atoms with van der Waals surface area (Å²) in [7, 11) is 0. The van der Waals surface area contributed by atoms with Crippen LogP contribution in [0.15, 0.2) is 46.0 Å². The van der Waals surface area contributed by atoms with E-state index in [9.17, 15) is 0 Å². The second kappa shape index (κ2) is 6.98. The molecular formula is C15H19NS2. The van der Waals surface area contributed by atoms with Crippen LogP contribution in [0.1, 0.15) is 17.5 Å². The number of thiophene rings is 1. The van der Waals surface area contributed by atoms with Gasteiger partial charge in [-0.25, -0.2) is 0 Å². The van der Waals surface area contributed by atoms with Crippen molar-refractivity contribution < 1.29 is 0 Å². The minimum Gasteiger partial charge on any atom is -0.327 e. The van der Waals surface area contributed by atoms with Crippen molar-refractivity contribution in [2.45, 2.75) is 30.7 Å². The number of rotatable bonds is 6. The van der Waals surface area contributed by atoms with Crippen LogP contribution in [0.2, 0.25) is 0 Å².